The van der Waals surface area contributed by atoms with Crippen LogP contribution >= 0.6 is 0 Å². The summed E-state index contributed by atoms with van der Waals surface area (Å²) >= 11 is 0. The van der Waals surface area contributed by atoms with Crippen LogP contribution < -0.4 is 4.74 Å². The summed E-state index contributed by atoms with van der Waals surface area (Å²) in [5, 5.41) is 4.09. The van der Waals surface area contributed by atoms with Gasteiger partial charge in [0.15, 0.2) is 0 Å². The molecular formula is C15H19N3O3. The molecule has 0 aliphatic rings. The number of carbonyl (C=O) groups excluding carboxylic acids is 1. The van der Waals surface area contributed by atoms with E-state index in [1.54, 1.807) is 4.68 Å². The van der Waals surface area contributed by atoms with Gasteiger partial charge in [0, 0.05) is 5.56 Å². The molecule has 1 heterocycles. The van der Waals surface area contributed by atoms with Gasteiger partial charge < -0.3 is 9.47 Å². The zero-order chi connectivity index (χ0) is 15.2. The van der Waals surface area contributed by atoms with Crippen LogP contribution in [0.2, 0.25) is 0 Å². The molecule has 0 fully saturated rings. The minimum absolute atomic E-state index is 0.0538. The molecule has 6 heteroatoms. The van der Waals surface area contributed by atoms with E-state index in [1.165, 1.54) is 13.4 Å². The zero-order valence-electron chi connectivity index (χ0n) is 12.4. The van der Waals surface area contributed by atoms with Crippen LogP contribution in [0.25, 0.3) is 0 Å². The number of ether oxygens (including phenoxy) is 2. The lowest BCUT2D eigenvalue weighted by atomic mass is 10.2. The summed E-state index contributed by atoms with van der Waals surface area (Å²) in [6.07, 6.45) is 1.51. The molecule has 2 aromatic rings. The van der Waals surface area contributed by atoms with Crippen LogP contribution in [0.1, 0.15) is 30.0 Å². The van der Waals surface area contributed by atoms with Crippen LogP contribution in [-0.4, -0.2) is 34.5 Å². The first-order valence-corrected chi connectivity index (χ1v) is 6.78. The molecule has 0 radical (unpaired) electrons. The van der Waals surface area contributed by atoms with Crippen molar-refractivity contribution in [2.45, 2.75) is 20.4 Å². The quantitative estimate of drug-likeness (QED) is 0.762. The van der Waals surface area contributed by atoms with Crippen molar-refractivity contribution in [3.05, 3.63) is 42.0 Å². The van der Waals surface area contributed by atoms with E-state index in [9.17, 15) is 4.79 Å². The van der Waals surface area contributed by atoms with E-state index in [0.29, 0.717) is 19.1 Å². The molecule has 0 aliphatic heterocycles. The maximum absolute atomic E-state index is 11.3. The fraction of sp³-hybridized carbons (Fsp3) is 0.400. The number of aromatic nitrogens is 3. The maximum Gasteiger partial charge on any atom is 0.377 e. The van der Waals surface area contributed by atoms with Gasteiger partial charge in [-0.1, -0.05) is 32.0 Å². The van der Waals surface area contributed by atoms with Gasteiger partial charge in [0.05, 0.1) is 20.3 Å². The zero-order valence-corrected chi connectivity index (χ0v) is 12.4. The van der Waals surface area contributed by atoms with Gasteiger partial charge in [-0.25, -0.2) is 14.5 Å². The Morgan fingerprint density at radius 2 is 2.10 bits per heavy atom. The second-order valence-electron chi connectivity index (χ2n) is 5.07. The molecule has 0 saturated heterocycles. The standard InChI is InChI=1S/C15H19N3O3/c1-11(2)9-21-13-7-5-4-6-12(13)8-18-10-16-14(17-18)15(19)20-3/h4-7,10-11H,8-9H2,1-3H3. The minimum atomic E-state index is -0.543. The highest BCUT2D eigenvalue weighted by Crippen LogP contribution is 2.19. The molecule has 0 bridgehead atoms. The molecule has 0 unspecified atom stereocenters. The van der Waals surface area contributed by atoms with Crippen molar-refractivity contribution in [3.8, 4) is 5.75 Å². The second kappa shape index (κ2) is 6.88. The van der Waals surface area contributed by atoms with E-state index in [4.69, 9.17) is 4.74 Å². The van der Waals surface area contributed by atoms with E-state index in [1.807, 2.05) is 24.3 Å². The van der Waals surface area contributed by atoms with E-state index in [-0.39, 0.29) is 5.82 Å². The van der Waals surface area contributed by atoms with Crippen molar-refractivity contribution in [3.63, 3.8) is 0 Å². The van der Waals surface area contributed by atoms with Gasteiger partial charge in [-0.15, -0.1) is 5.10 Å². The summed E-state index contributed by atoms with van der Waals surface area (Å²) in [6, 6.07) is 7.76. The summed E-state index contributed by atoms with van der Waals surface area (Å²) in [5.41, 5.74) is 0.986. The van der Waals surface area contributed by atoms with Gasteiger partial charge in [0.1, 0.15) is 12.1 Å². The van der Waals surface area contributed by atoms with E-state index in [2.05, 4.69) is 28.7 Å². The van der Waals surface area contributed by atoms with E-state index in [0.717, 1.165) is 11.3 Å². The SMILES string of the molecule is COC(=O)c1ncn(Cc2ccccc2OCC(C)C)n1. The Labute approximate surface area is 123 Å². The average Bonchev–Trinajstić information content (AvgIpc) is 2.94. The van der Waals surface area contributed by atoms with Crippen molar-refractivity contribution in [2.75, 3.05) is 13.7 Å². The smallest absolute Gasteiger partial charge is 0.377 e. The molecule has 0 N–H and O–H groups in total. The third-order valence-corrected chi connectivity index (χ3v) is 2.78. The van der Waals surface area contributed by atoms with Gasteiger partial charge in [0.2, 0.25) is 0 Å². The topological polar surface area (TPSA) is 66.2 Å². The van der Waals surface area contributed by atoms with Gasteiger partial charge in [0.25, 0.3) is 5.82 Å². The van der Waals surface area contributed by atoms with Crippen molar-refractivity contribution >= 4 is 5.97 Å². The molecule has 1 aromatic carbocycles. The van der Waals surface area contributed by atoms with Crippen molar-refractivity contribution < 1.29 is 14.3 Å². The Bertz CT molecular complexity index is 608. The molecule has 1 aromatic heterocycles. The van der Waals surface area contributed by atoms with Crippen LogP contribution in [-0.2, 0) is 11.3 Å². The highest BCUT2D eigenvalue weighted by atomic mass is 16.5. The summed E-state index contributed by atoms with van der Waals surface area (Å²) < 4.78 is 12.0. The van der Waals surface area contributed by atoms with Crippen LogP contribution in [0.15, 0.2) is 30.6 Å². The summed E-state index contributed by atoms with van der Waals surface area (Å²) in [5.74, 6) is 0.785. The van der Waals surface area contributed by atoms with Crippen molar-refractivity contribution in [1.82, 2.24) is 14.8 Å². The number of benzene rings is 1. The van der Waals surface area contributed by atoms with Crippen molar-refractivity contribution in [1.29, 1.82) is 0 Å². The largest absolute Gasteiger partial charge is 0.493 e. The summed E-state index contributed by atoms with van der Waals surface area (Å²) in [7, 11) is 1.30. The summed E-state index contributed by atoms with van der Waals surface area (Å²) in [4.78, 5) is 15.3. The fourth-order valence-electron chi connectivity index (χ4n) is 1.76. The van der Waals surface area contributed by atoms with Gasteiger partial charge in [-0.3, -0.25) is 0 Å². The number of esters is 1. The lowest BCUT2D eigenvalue weighted by molar-refractivity contribution is 0.0586. The van der Waals surface area contributed by atoms with Crippen LogP contribution in [0.4, 0.5) is 0 Å². The number of methoxy groups -OCH3 is 1. The highest BCUT2D eigenvalue weighted by Gasteiger charge is 2.12. The highest BCUT2D eigenvalue weighted by molar-refractivity contribution is 5.84. The number of carbonyl (C=O) groups is 1. The monoisotopic (exact) mass is 289 g/mol. The first-order valence-electron chi connectivity index (χ1n) is 6.78. The molecule has 2 rings (SSSR count). The maximum atomic E-state index is 11.3. The van der Waals surface area contributed by atoms with Gasteiger partial charge >= 0.3 is 5.97 Å². The third-order valence-electron chi connectivity index (χ3n) is 2.78. The van der Waals surface area contributed by atoms with Gasteiger partial charge in [-0.2, -0.15) is 0 Å². The predicted octanol–water partition coefficient (Wildman–Crippen LogP) is 2.15. The molecule has 0 atom stereocenters. The Balaban J connectivity index is 2.12. The number of hydrogen-bond donors (Lipinski definition) is 0. The van der Waals surface area contributed by atoms with Crippen LogP contribution in [0, 0.1) is 5.92 Å². The van der Waals surface area contributed by atoms with Crippen molar-refractivity contribution in [2.24, 2.45) is 5.92 Å². The molecule has 0 amide bonds. The minimum Gasteiger partial charge on any atom is -0.493 e. The first kappa shape index (κ1) is 15.0. The van der Waals surface area contributed by atoms with Gasteiger partial charge in [-0.05, 0) is 12.0 Å². The van der Waals surface area contributed by atoms with Crippen LogP contribution in [0.5, 0.6) is 5.75 Å². The molecule has 6 nitrogen and oxygen atoms in total. The Morgan fingerprint density at radius 1 is 1.33 bits per heavy atom. The van der Waals surface area contributed by atoms with Crippen LogP contribution in [0.3, 0.4) is 0 Å². The number of para-hydroxylation sites is 1. The lowest BCUT2D eigenvalue weighted by Gasteiger charge is -2.12. The number of hydrogen-bond acceptors (Lipinski definition) is 5. The molecular weight excluding hydrogens is 270 g/mol. The fourth-order valence-corrected chi connectivity index (χ4v) is 1.76. The molecule has 0 aliphatic carbocycles. The average molecular weight is 289 g/mol. The van der Waals surface area contributed by atoms with E-state index >= 15 is 0 Å². The Morgan fingerprint density at radius 3 is 2.81 bits per heavy atom. The molecule has 0 spiro atoms. The lowest BCUT2D eigenvalue weighted by Crippen LogP contribution is -2.09. The molecule has 0 saturated carbocycles. The Kier molecular flexibility index (Phi) is 4.92. The summed E-state index contributed by atoms with van der Waals surface area (Å²) in [6.45, 7) is 5.34. The molecule has 21 heavy (non-hydrogen) atoms. The second-order valence-corrected chi connectivity index (χ2v) is 5.07. The predicted molar refractivity (Wildman–Crippen MR) is 77.2 cm³/mol. The number of nitrogens with zero attached hydrogens (tertiary/aromatic N) is 3. The first-order chi connectivity index (χ1) is 10.1. The normalized spacial score (nSPS) is 10.7. The Hall–Kier alpha value is -2.37. The van der Waals surface area contributed by atoms with E-state index < -0.39 is 5.97 Å². The third kappa shape index (κ3) is 4.05. The number of rotatable bonds is 6. The molecule has 112 valence electrons.